The Kier molecular flexibility index (Phi) is 37.2. The molecule has 0 aliphatic heterocycles. The topological polar surface area (TPSA) is 81.2 Å². The second-order valence-corrected chi connectivity index (χ2v) is 27.9. The van der Waals surface area contributed by atoms with E-state index in [-0.39, 0.29) is 47.9 Å². The third kappa shape index (κ3) is 29.7. The molecule has 0 bridgehead atoms. The maximum atomic E-state index is 13.2. The molecule has 0 atom stereocenters. The average molecular weight is 1580 g/mol. The molecular formula is C96H90Cl6N4O4. The van der Waals surface area contributed by atoms with E-state index in [9.17, 15) is 19.2 Å². The Bertz CT molecular complexity index is 4920. The van der Waals surface area contributed by atoms with Gasteiger partial charge in [0.15, 0.2) is 23.1 Å². The second kappa shape index (κ2) is 47.0. The number of carbonyl (C=O) groups is 4. The lowest BCUT2D eigenvalue weighted by molar-refractivity contribution is 0.101. The molecule has 560 valence electrons. The van der Waals surface area contributed by atoms with Crippen molar-refractivity contribution in [1.82, 2.24) is 19.6 Å². The Balaban J connectivity index is 0.000000203. The molecule has 110 heavy (non-hydrogen) atoms. The summed E-state index contributed by atoms with van der Waals surface area (Å²) in [6.07, 6.45) is 7.69. The van der Waals surface area contributed by atoms with Crippen LogP contribution in [0.25, 0.3) is 24.3 Å². The smallest absolute Gasteiger partial charge is 0.190 e. The summed E-state index contributed by atoms with van der Waals surface area (Å²) >= 11 is 24.8. The van der Waals surface area contributed by atoms with Crippen LogP contribution in [-0.4, -0.2) is 97.1 Å². The van der Waals surface area contributed by atoms with Crippen LogP contribution in [0.5, 0.6) is 0 Å². The number of hydrogen-bond acceptors (Lipinski definition) is 8. The molecule has 0 aromatic heterocycles. The van der Waals surface area contributed by atoms with Crippen molar-refractivity contribution in [2.24, 2.45) is 0 Å². The number of carbonyl (C=O) groups excluding carboxylic acids is 4. The molecule has 14 heteroatoms. The molecule has 0 fully saturated rings. The fraction of sp³-hybridized carbons (Fsp3) is 0.125. The highest BCUT2D eigenvalue weighted by Crippen LogP contribution is 2.27. The number of Topliss-reactive ketones (excluding diaryl/α,β-unsaturated/α-hetero) is 4. The standard InChI is InChI=1S/C24H21Cl2NO.2C24H22ClNO.C24H23NO.2ClH/c1-27(16-18-8-4-2-5-9-18)17-21(24(28)19-10-6-3-7-11-19)14-20-12-13-22(25)15-23(20)26;1-26(17-19-10-4-2-5-11-19)18-22(16-21-14-8-9-15-23(21)25)24(27)20-12-6-3-7-13-20;1-26(17-19-9-4-2-5-10-19)18-22(15-20-11-8-14-23(25)16-20)24(27)21-12-6-3-7-13-21;1-25(18-21-13-7-3-8-14-21)19-23(17-20-11-5-2-6-12-20)24(26)22-15-9-4-10-16-22;;/h2-15H,16-17H2,1H3;2*2-16H,17-18H2,1H3;2-17H,18-19H2,1H3;2*1H/b21-14+;22-16+;22-15+;23-17+;;. The zero-order valence-corrected chi connectivity index (χ0v) is 66.7. The maximum Gasteiger partial charge on any atom is 0.190 e. The number of hydrogen-bond donors (Lipinski definition) is 0. The second-order valence-electron chi connectivity index (χ2n) is 26.2. The van der Waals surface area contributed by atoms with Gasteiger partial charge in [-0.3, -0.25) is 38.8 Å². The largest absolute Gasteiger partial charge is 0.298 e. The summed E-state index contributed by atoms with van der Waals surface area (Å²) in [6.45, 7) is 5.27. The van der Waals surface area contributed by atoms with Crippen LogP contribution >= 0.6 is 71.2 Å². The number of halogens is 6. The molecule has 0 heterocycles. The normalized spacial score (nSPS) is 11.4. The van der Waals surface area contributed by atoms with Crippen molar-refractivity contribution in [3.63, 3.8) is 0 Å². The van der Waals surface area contributed by atoms with E-state index in [0.717, 1.165) is 65.1 Å². The lowest BCUT2D eigenvalue weighted by Gasteiger charge is -2.19. The van der Waals surface area contributed by atoms with Gasteiger partial charge in [-0.25, -0.2) is 0 Å². The van der Waals surface area contributed by atoms with Gasteiger partial charge in [0.2, 0.25) is 0 Å². The summed E-state index contributed by atoms with van der Waals surface area (Å²) < 4.78 is 0. The Hall–Kier alpha value is -10.1. The van der Waals surface area contributed by atoms with Crippen molar-refractivity contribution >= 4 is 119 Å². The predicted octanol–water partition coefficient (Wildman–Crippen LogP) is 23.8. The van der Waals surface area contributed by atoms with Crippen LogP contribution in [0.3, 0.4) is 0 Å². The molecular weight excluding hydrogens is 1490 g/mol. The molecule has 12 aromatic carbocycles. The first-order valence-electron chi connectivity index (χ1n) is 35.6. The number of benzene rings is 12. The van der Waals surface area contributed by atoms with E-state index >= 15 is 0 Å². The van der Waals surface area contributed by atoms with Crippen molar-refractivity contribution in [2.75, 3.05) is 54.4 Å². The van der Waals surface area contributed by atoms with Gasteiger partial charge in [0, 0.05) is 117 Å². The summed E-state index contributed by atoms with van der Waals surface area (Å²) in [4.78, 5) is 61.0. The summed E-state index contributed by atoms with van der Waals surface area (Å²) in [7, 11) is 8.09. The Labute approximate surface area is 681 Å². The van der Waals surface area contributed by atoms with Crippen LogP contribution in [-0.2, 0) is 26.2 Å². The molecule has 0 saturated carbocycles. The minimum atomic E-state index is -0.00784. The van der Waals surface area contributed by atoms with Crippen LogP contribution < -0.4 is 0 Å². The minimum absolute atomic E-state index is 0. The van der Waals surface area contributed by atoms with Gasteiger partial charge in [-0.15, -0.1) is 24.8 Å². The average Bonchev–Trinajstić information content (AvgIpc) is 0.863. The number of rotatable bonds is 28. The summed E-state index contributed by atoms with van der Waals surface area (Å²) in [5.41, 5.74) is 14.1. The monoisotopic (exact) mass is 1570 g/mol. The highest BCUT2D eigenvalue weighted by atomic mass is 35.5. The van der Waals surface area contributed by atoms with E-state index in [4.69, 9.17) is 46.4 Å². The molecule has 0 amide bonds. The van der Waals surface area contributed by atoms with Crippen LogP contribution in [0, 0.1) is 0 Å². The van der Waals surface area contributed by atoms with Gasteiger partial charge < -0.3 is 0 Å². The zero-order chi connectivity index (χ0) is 76.2. The first-order chi connectivity index (χ1) is 52.5. The summed E-state index contributed by atoms with van der Waals surface area (Å²) in [5, 5.41) is 2.39. The van der Waals surface area contributed by atoms with Crippen molar-refractivity contribution in [3.8, 4) is 0 Å². The van der Waals surface area contributed by atoms with E-state index in [1.54, 1.807) is 12.1 Å². The molecule has 12 rings (SSSR count). The fourth-order valence-corrected chi connectivity index (χ4v) is 12.8. The Morgan fingerprint density at radius 3 is 0.818 bits per heavy atom. The van der Waals surface area contributed by atoms with E-state index < -0.39 is 0 Å². The van der Waals surface area contributed by atoms with Crippen LogP contribution in [0.4, 0.5) is 0 Å². The Morgan fingerprint density at radius 1 is 0.255 bits per heavy atom. The van der Waals surface area contributed by atoms with E-state index in [2.05, 4.69) is 68.1 Å². The van der Waals surface area contributed by atoms with Gasteiger partial charge in [-0.2, -0.15) is 0 Å². The number of ketones is 4. The molecule has 0 aliphatic carbocycles. The van der Waals surface area contributed by atoms with E-state index in [0.29, 0.717) is 74.1 Å². The quantitative estimate of drug-likeness (QED) is 0.0354. The third-order valence-electron chi connectivity index (χ3n) is 17.1. The van der Waals surface area contributed by atoms with Gasteiger partial charge in [0.05, 0.1) is 0 Å². The van der Waals surface area contributed by atoms with Gasteiger partial charge in [-0.05, 0) is 127 Å². The first kappa shape index (κ1) is 87.1. The number of nitrogens with zero attached hydrogens (tertiary/aromatic N) is 4. The van der Waals surface area contributed by atoms with Crippen LogP contribution in [0.15, 0.2) is 362 Å². The van der Waals surface area contributed by atoms with Crippen molar-refractivity contribution in [1.29, 1.82) is 0 Å². The van der Waals surface area contributed by atoms with E-state index in [1.807, 2.05) is 332 Å². The molecule has 0 N–H and O–H groups in total. The lowest BCUT2D eigenvalue weighted by atomic mass is 10.00. The lowest BCUT2D eigenvalue weighted by Crippen LogP contribution is -2.24. The van der Waals surface area contributed by atoms with Gasteiger partial charge in [0.25, 0.3) is 0 Å². The highest BCUT2D eigenvalue weighted by Gasteiger charge is 2.20. The summed E-state index contributed by atoms with van der Waals surface area (Å²) in [6, 6.07) is 109. The molecule has 0 saturated heterocycles. The molecule has 0 radical (unpaired) electrons. The maximum absolute atomic E-state index is 13.2. The SMILES string of the molecule is CN(C/C(=C\c1ccc(Cl)cc1Cl)C(=O)c1ccccc1)Cc1ccccc1.CN(C/C(=C\c1cccc(Cl)c1)C(=O)c1ccccc1)Cc1ccccc1.CN(C/C(=C\c1ccccc1)C(=O)c1ccccc1)Cc1ccccc1.CN(C/C(=C\c1ccccc1Cl)C(=O)c1ccccc1)Cc1ccccc1.Cl.Cl. The molecule has 0 unspecified atom stereocenters. The molecule has 0 aliphatic rings. The number of likely N-dealkylation sites (N-methyl/N-ethyl adjacent to an activating group) is 4. The molecule has 8 nitrogen and oxygen atoms in total. The molecule has 0 spiro atoms. The highest BCUT2D eigenvalue weighted by molar-refractivity contribution is 6.36. The third-order valence-corrected chi connectivity index (χ3v) is 18.3. The Morgan fingerprint density at radius 2 is 0.509 bits per heavy atom. The van der Waals surface area contributed by atoms with Crippen LogP contribution in [0.1, 0.15) is 85.9 Å². The zero-order valence-electron chi connectivity index (χ0n) is 62.0. The van der Waals surface area contributed by atoms with Crippen molar-refractivity contribution in [3.05, 3.63) is 449 Å². The van der Waals surface area contributed by atoms with Gasteiger partial charge in [0.1, 0.15) is 0 Å². The predicted molar refractivity (Wildman–Crippen MR) is 466 cm³/mol. The van der Waals surface area contributed by atoms with Gasteiger partial charge >= 0.3 is 0 Å². The van der Waals surface area contributed by atoms with E-state index in [1.165, 1.54) is 22.3 Å². The fourth-order valence-electron chi connectivity index (χ4n) is 11.9. The van der Waals surface area contributed by atoms with Crippen molar-refractivity contribution in [2.45, 2.75) is 26.2 Å². The van der Waals surface area contributed by atoms with Crippen LogP contribution in [0.2, 0.25) is 20.1 Å². The molecule has 12 aromatic rings. The summed E-state index contributed by atoms with van der Waals surface area (Å²) in [5.74, 6) is 0.131. The van der Waals surface area contributed by atoms with Gasteiger partial charge in [-0.1, -0.05) is 356 Å². The first-order valence-corrected chi connectivity index (χ1v) is 37.1. The minimum Gasteiger partial charge on any atom is -0.298 e. The van der Waals surface area contributed by atoms with Crippen molar-refractivity contribution < 1.29 is 19.2 Å².